The van der Waals surface area contributed by atoms with Gasteiger partial charge in [-0.05, 0) is 23.8 Å². The van der Waals surface area contributed by atoms with Crippen molar-refractivity contribution in [1.82, 2.24) is 10.3 Å². The number of halogens is 1. The minimum absolute atomic E-state index is 0.779. The Balaban J connectivity index is 1.62. The summed E-state index contributed by atoms with van der Waals surface area (Å²) >= 11 is 3.51. The topological polar surface area (TPSA) is 37.4 Å². The second-order valence-electron chi connectivity index (χ2n) is 5.32. The first-order valence-electron chi connectivity index (χ1n) is 7.55. The lowest BCUT2D eigenvalue weighted by Crippen LogP contribution is -2.37. The predicted molar refractivity (Wildman–Crippen MR) is 92.0 cm³/mol. The largest absolute Gasteiger partial charge is 0.378 e. The molecule has 1 aliphatic rings. The van der Waals surface area contributed by atoms with Crippen LogP contribution in [0.5, 0.6) is 0 Å². The molecule has 0 spiro atoms. The van der Waals surface area contributed by atoms with Crippen LogP contribution in [0.4, 0.5) is 5.82 Å². The van der Waals surface area contributed by atoms with E-state index in [1.807, 2.05) is 18.3 Å². The van der Waals surface area contributed by atoms with E-state index in [9.17, 15) is 0 Å². The second kappa shape index (κ2) is 7.72. The van der Waals surface area contributed by atoms with Crippen molar-refractivity contribution >= 4 is 21.7 Å². The van der Waals surface area contributed by atoms with E-state index in [1.54, 1.807) is 0 Å². The number of rotatable bonds is 5. The summed E-state index contributed by atoms with van der Waals surface area (Å²) in [5.41, 5.74) is 2.51. The van der Waals surface area contributed by atoms with Crippen molar-refractivity contribution in [3.8, 4) is 0 Å². The molecule has 22 heavy (non-hydrogen) atoms. The van der Waals surface area contributed by atoms with E-state index in [0.29, 0.717) is 0 Å². The van der Waals surface area contributed by atoms with E-state index in [2.05, 4.69) is 55.4 Å². The number of hydrogen-bond donors (Lipinski definition) is 1. The zero-order chi connectivity index (χ0) is 15.2. The van der Waals surface area contributed by atoms with Gasteiger partial charge in [-0.15, -0.1) is 0 Å². The van der Waals surface area contributed by atoms with Crippen LogP contribution in [0.25, 0.3) is 0 Å². The molecule has 1 aliphatic heterocycles. The number of morpholine rings is 1. The molecule has 0 radical (unpaired) electrons. The van der Waals surface area contributed by atoms with Crippen molar-refractivity contribution in [1.29, 1.82) is 0 Å². The van der Waals surface area contributed by atoms with Crippen LogP contribution in [-0.4, -0.2) is 31.3 Å². The Kier molecular flexibility index (Phi) is 5.43. The molecule has 1 aromatic heterocycles. The lowest BCUT2D eigenvalue weighted by Gasteiger charge is -2.29. The lowest BCUT2D eigenvalue weighted by molar-refractivity contribution is 0.122. The second-order valence-corrected chi connectivity index (χ2v) is 6.23. The van der Waals surface area contributed by atoms with Crippen molar-refractivity contribution in [2.75, 3.05) is 31.2 Å². The average Bonchev–Trinajstić information content (AvgIpc) is 2.56. The maximum Gasteiger partial charge on any atom is 0.133 e. The SMILES string of the molecule is Brc1cccc(CNCc2cccnc2N2CCOCC2)c1. The van der Waals surface area contributed by atoms with Gasteiger partial charge in [-0.2, -0.15) is 0 Å². The fraction of sp³-hybridized carbons (Fsp3) is 0.353. The van der Waals surface area contributed by atoms with Gasteiger partial charge in [-0.25, -0.2) is 4.98 Å². The smallest absolute Gasteiger partial charge is 0.133 e. The van der Waals surface area contributed by atoms with Crippen molar-refractivity contribution < 1.29 is 4.74 Å². The quantitative estimate of drug-likeness (QED) is 0.888. The van der Waals surface area contributed by atoms with Gasteiger partial charge in [-0.3, -0.25) is 0 Å². The minimum Gasteiger partial charge on any atom is -0.378 e. The van der Waals surface area contributed by atoms with Gasteiger partial charge >= 0.3 is 0 Å². The summed E-state index contributed by atoms with van der Waals surface area (Å²) in [7, 11) is 0. The minimum atomic E-state index is 0.779. The maximum absolute atomic E-state index is 5.42. The summed E-state index contributed by atoms with van der Waals surface area (Å²) in [5.74, 6) is 1.08. The summed E-state index contributed by atoms with van der Waals surface area (Å²) < 4.78 is 6.53. The Hall–Kier alpha value is -1.43. The number of benzene rings is 1. The standard InChI is InChI=1S/C17H20BrN3O/c18-16-5-1-3-14(11-16)12-19-13-15-4-2-6-20-17(15)21-7-9-22-10-8-21/h1-6,11,19H,7-10,12-13H2. The normalized spacial score (nSPS) is 15.0. The van der Waals surface area contributed by atoms with E-state index in [-0.39, 0.29) is 0 Å². The maximum atomic E-state index is 5.42. The van der Waals surface area contributed by atoms with Crippen LogP contribution in [0.1, 0.15) is 11.1 Å². The molecule has 2 aromatic rings. The Labute approximate surface area is 139 Å². The molecule has 0 atom stereocenters. The van der Waals surface area contributed by atoms with Gasteiger partial charge in [0.15, 0.2) is 0 Å². The number of ether oxygens (including phenoxy) is 1. The van der Waals surface area contributed by atoms with E-state index in [1.165, 1.54) is 11.1 Å². The summed E-state index contributed by atoms with van der Waals surface area (Å²) in [6.45, 7) is 5.04. The van der Waals surface area contributed by atoms with E-state index < -0.39 is 0 Å². The van der Waals surface area contributed by atoms with Crippen LogP contribution in [0.2, 0.25) is 0 Å². The molecule has 0 unspecified atom stereocenters. The number of pyridine rings is 1. The first-order chi connectivity index (χ1) is 10.8. The van der Waals surface area contributed by atoms with Crippen molar-refractivity contribution in [2.24, 2.45) is 0 Å². The van der Waals surface area contributed by atoms with Crippen LogP contribution in [0.3, 0.4) is 0 Å². The third-order valence-corrected chi connectivity index (χ3v) is 4.20. The van der Waals surface area contributed by atoms with Crippen molar-refractivity contribution in [2.45, 2.75) is 13.1 Å². The Morgan fingerprint density at radius 1 is 1.14 bits per heavy atom. The summed E-state index contributed by atoms with van der Waals surface area (Å²) in [6, 6.07) is 12.5. The van der Waals surface area contributed by atoms with E-state index in [0.717, 1.165) is 49.7 Å². The monoisotopic (exact) mass is 361 g/mol. The van der Waals surface area contributed by atoms with Gasteiger partial charge in [0.25, 0.3) is 0 Å². The Morgan fingerprint density at radius 2 is 2.00 bits per heavy atom. The zero-order valence-electron chi connectivity index (χ0n) is 12.5. The molecule has 0 amide bonds. The predicted octanol–water partition coefficient (Wildman–Crippen LogP) is 2.97. The van der Waals surface area contributed by atoms with Crippen LogP contribution in [0, 0.1) is 0 Å². The molecule has 4 nitrogen and oxygen atoms in total. The molecule has 1 aromatic carbocycles. The van der Waals surface area contributed by atoms with Gasteiger partial charge in [-0.1, -0.05) is 34.1 Å². The van der Waals surface area contributed by atoms with Gasteiger partial charge in [0, 0.05) is 42.4 Å². The third kappa shape index (κ3) is 4.06. The molecule has 3 rings (SSSR count). The first kappa shape index (κ1) is 15.5. The molecule has 0 bridgehead atoms. The van der Waals surface area contributed by atoms with E-state index in [4.69, 9.17) is 4.74 Å². The molecule has 2 heterocycles. The zero-order valence-corrected chi connectivity index (χ0v) is 14.1. The fourth-order valence-electron chi connectivity index (χ4n) is 2.62. The number of hydrogen-bond acceptors (Lipinski definition) is 4. The highest BCUT2D eigenvalue weighted by Crippen LogP contribution is 2.18. The van der Waals surface area contributed by atoms with Crippen molar-refractivity contribution in [3.63, 3.8) is 0 Å². The molecule has 1 fully saturated rings. The molecule has 0 aliphatic carbocycles. The highest BCUT2D eigenvalue weighted by atomic mass is 79.9. The van der Waals surface area contributed by atoms with Crippen LogP contribution in [0.15, 0.2) is 47.1 Å². The van der Waals surface area contributed by atoms with Gasteiger partial charge in [0.2, 0.25) is 0 Å². The molecule has 1 saturated heterocycles. The summed E-state index contributed by atoms with van der Waals surface area (Å²) in [5, 5.41) is 3.51. The number of nitrogens with zero attached hydrogens (tertiary/aromatic N) is 2. The van der Waals surface area contributed by atoms with Crippen LogP contribution < -0.4 is 10.2 Å². The van der Waals surface area contributed by atoms with Gasteiger partial charge in [0.05, 0.1) is 13.2 Å². The molecular weight excluding hydrogens is 342 g/mol. The third-order valence-electron chi connectivity index (χ3n) is 3.71. The molecule has 116 valence electrons. The summed E-state index contributed by atoms with van der Waals surface area (Å²) in [4.78, 5) is 6.87. The molecule has 5 heteroatoms. The number of nitrogens with one attached hydrogen (secondary N) is 1. The van der Waals surface area contributed by atoms with Gasteiger partial charge in [0.1, 0.15) is 5.82 Å². The molecule has 1 N–H and O–H groups in total. The van der Waals surface area contributed by atoms with Crippen molar-refractivity contribution in [3.05, 3.63) is 58.2 Å². The number of aromatic nitrogens is 1. The van der Waals surface area contributed by atoms with Crippen LogP contribution in [-0.2, 0) is 17.8 Å². The van der Waals surface area contributed by atoms with E-state index >= 15 is 0 Å². The fourth-order valence-corrected chi connectivity index (χ4v) is 3.06. The van der Waals surface area contributed by atoms with Crippen LogP contribution >= 0.6 is 15.9 Å². The Morgan fingerprint density at radius 3 is 2.82 bits per heavy atom. The average molecular weight is 362 g/mol. The lowest BCUT2D eigenvalue weighted by atomic mass is 10.2. The first-order valence-corrected chi connectivity index (χ1v) is 8.34. The highest BCUT2D eigenvalue weighted by molar-refractivity contribution is 9.10. The number of anilines is 1. The Bertz CT molecular complexity index is 614. The summed E-state index contributed by atoms with van der Waals surface area (Å²) in [6.07, 6.45) is 1.86. The molecule has 0 saturated carbocycles. The van der Waals surface area contributed by atoms with Gasteiger partial charge < -0.3 is 15.0 Å². The highest BCUT2D eigenvalue weighted by Gasteiger charge is 2.15. The molecular formula is C17H20BrN3O.